The molecule has 0 aromatic heterocycles. The molecule has 8 heteroatoms. The molecule has 5 rings (SSSR count). The molecule has 0 bridgehead atoms. The van der Waals surface area contributed by atoms with Gasteiger partial charge in [-0.05, 0) is 153 Å². The summed E-state index contributed by atoms with van der Waals surface area (Å²) in [7, 11) is -2.91. The first kappa shape index (κ1) is 72.6. The number of benzene rings is 4. The second-order valence-corrected chi connectivity index (χ2v) is 27.4. The Morgan fingerprint density at radius 1 is 0.538 bits per heavy atom. The number of carbonyl (C=O) groups excluding carboxylic acids is 1. The van der Waals surface area contributed by atoms with Gasteiger partial charge in [0, 0.05) is 47.4 Å². The summed E-state index contributed by atoms with van der Waals surface area (Å²) in [6.07, 6.45) is 15.3. The number of unbranched alkanes of at least 4 members (excludes halogenated alkanes) is 10. The Kier molecular flexibility index (Phi) is 34.7. The van der Waals surface area contributed by atoms with E-state index in [1.165, 1.54) is 61.7 Å². The lowest BCUT2D eigenvalue weighted by Crippen LogP contribution is -2.67. The van der Waals surface area contributed by atoms with Gasteiger partial charge in [-0.3, -0.25) is 4.79 Å². The molecule has 7 nitrogen and oxygen atoms in total. The van der Waals surface area contributed by atoms with E-state index in [1.54, 1.807) is 6.92 Å². The molecule has 1 N–H and O–H groups in total. The van der Waals surface area contributed by atoms with Crippen LogP contribution in [0.15, 0.2) is 133 Å². The van der Waals surface area contributed by atoms with Gasteiger partial charge in [0.2, 0.25) is 0 Å². The first-order valence-corrected chi connectivity index (χ1v) is 33.6. The lowest BCUT2D eigenvalue weighted by atomic mass is 9.79. The molecule has 1 heterocycles. The average Bonchev–Trinajstić information content (AvgIpc) is 0.764. The zero-order chi connectivity index (χ0) is 64.9. The van der Waals surface area contributed by atoms with Crippen LogP contribution in [0.3, 0.4) is 0 Å². The number of hydrogen-bond acceptors (Lipinski definition) is 6. The Hall–Kier alpha value is -9.17. The van der Waals surface area contributed by atoms with E-state index in [-0.39, 0.29) is 42.1 Å². The third kappa shape index (κ3) is 27.2. The van der Waals surface area contributed by atoms with Crippen molar-refractivity contribution in [1.29, 1.82) is 0 Å². The van der Waals surface area contributed by atoms with Gasteiger partial charge in [0.25, 0.3) is 14.2 Å². The van der Waals surface area contributed by atoms with Gasteiger partial charge in [0.15, 0.2) is 6.29 Å². The van der Waals surface area contributed by atoms with E-state index < -0.39 is 38.8 Å². The van der Waals surface area contributed by atoms with Crippen molar-refractivity contribution in [3.63, 3.8) is 0 Å². The summed E-state index contributed by atoms with van der Waals surface area (Å²) in [4.78, 5) is 14.2. The van der Waals surface area contributed by atoms with Gasteiger partial charge < -0.3 is 28.7 Å². The maximum absolute atomic E-state index is 14.2. The van der Waals surface area contributed by atoms with Crippen LogP contribution in [0.1, 0.15) is 137 Å². The van der Waals surface area contributed by atoms with Gasteiger partial charge in [0.1, 0.15) is 12.2 Å². The summed E-state index contributed by atoms with van der Waals surface area (Å²) in [6.45, 7) is 18.4. The Bertz CT molecular complexity index is 3700. The van der Waals surface area contributed by atoms with E-state index in [1.807, 2.05) is 60.7 Å². The van der Waals surface area contributed by atoms with Crippen LogP contribution in [-0.2, 0) is 41.4 Å². The highest BCUT2D eigenvalue weighted by Gasteiger charge is 2.51. The maximum Gasteiger partial charge on any atom is 0.297 e. The number of rotatable bonds is 29. The van der Waals surface area contributed by atoms with Crippen LogP contribution in [0, 0.1) is 160 Å². The predicted molar refractivity (Wildman–Crippen MR) is 372 cm³/mol. The molecule has 0 saturated carbocycles. The van der Waals surface area contributed by atoms with E-state index in [4.69, 9.17) is 23.4 Å². The van der Waals surface area contributed by atoms with Crippen molar-refractivity contribution in [2.45, 2.75) is 175 Å². The van der Waals surface area contributed by atoms with Gasteiger partial charge >= 0.3 is 0 Å². The van der Waals surface area contributed by atoms with Gasteiger partial charge in [-0.15, -0.1) is 0 Å². The second-order valence-electron chi connectivity index (χ2n) is 23.1. The number of amides is 1. The maximum atomic E-state index is 14.2. The third-order valence-electron chi connectivity index (χ3n) is 15.6. The standard InChI is InChI=1S/C83H85NO6Si/c1-9-11-13-15-17-19-21-23-24-25-26-27-28-29-30-31-32-33-35-37-39-41-55-65-80(85)84-77(68-88-82-72(5)70(3)71(4)79(90-82)69-89-91(83(6,7)8,75-60-50-44-51-61-75)76-62-52-45-53-63-76)81(87-67-74-58-48-43-49-59-74)78(86-66-73-56-46-42-47-57-73)64-54-40-38-36-34-22-20-18-16-14-12-10-2/h42-54,56-64,70-72,77-79,81-82H,10,12,14,16,18,20,22,34,36,38,40,66-69H2,1-8H3,(H,84,85)/t70-,71+,72?,77-,78+,79?,81-,82-/m0/s1. The van der Waals surface area contributed by atoms with E-state index in [9.17, 15) is 4.79 Å². The normalized spacial score (nSPS) is 16.1. The van der Waals surface area contributed by atoms with E-state index in [0.717, 1.165) is 30.4 Å². The number of carbonyl (C=O) groups is 1. The molecule has 0 radical (unpaired) electrons. The quantitative estimate of drug-likeness (QED) is 0.0253. The monoisotopic (exact) mass is 1220 g/mol. The third-order valence-corrected chi connectivity index (χ3v) is 20.6. The molecule has 462 valence electrons. The van der Waals surface area contributed by atoms with Gasteiger partial charge in [-0.2, -0.15) is 0 Å². The second kappa shape index (κ2) is 43.5. The minimum Gasteiger partial charge on any atom is -0.405 e. The minimum absolute atomic E-state index is 0.00867. The zero-order valence-corrected chi connectivity index (χ0v) is 55.4. The zero-order valence-electron chi connectivity index (χ0n) is 54.4. The molecule has 0 spiro atoms. The fourth-order valence-electron chi connectivity index (χ4n) is 10.4. The molecule has 8 atom stereocenters. The molecule has 4 aromatic carbocycles. The van der Waals surface area contributed by atoms with Crippen molar-refractivity contribution in [2.24, 2.45) is 17.8 Å². The SMILES string of the molecule is CC#CC#CC#CC#CC#CC#CC#CC#CC#CC#CC#CC#CC(=O)N[C@@H](CO[C@H]1OC(CO[Si](c2ccccc2)(c2ccccc2)C(C)(C)C)[C@H](C)[C@H](C)C1C)[C@H](OCc1ccccc1)[C@@H](C=CCCCCCCCCCCCC)OCc1ccccc1. The highest BCUT2D eigenvalue weighted by Crippen LogP contribution is 2.40. The highest BCUT2D eigenvalue weighted by molar-refractivity contribution is 6.99. The molecule has 4 aromatic rings. The predicted octanol–water partition coefficient (Wildman–Crippen LogP) is 12.8. The molecule has 1 aliphatic rings. The van der Waals surface area contributed by atoms with Crippen LogP contribution in [0.5, 0.6) is 0 Å². The van der Waals surface area contributed by atoms with E-state index in [0.29, 0.717) is 13.2 Å². The molecule has 1 saturated heterocycles. The number of ether oxygens (including phenoxy) is 4. The molecular weight excluding hydrogens is 1130 g/mol. The first-order chi connectivity index (χ1) is 44.5. The molecule has 1 amide bonds. The molecule has 2 unspecified atom stereocenters. The van der Waals surface area contributed by atoms with Gasteiger partial charge in [-0.1, -0.05) is 246 Å². The Morgan fingerprint density at radius 3 is 1.41 bits per heavy atom. The summed E-state index contributed by atoms with van der Waals surface area (Å²) >= 11 is 0. The topological polar surface area (TPSA) is 75.3 Å². The summed E-state index contributed by atoms with van der Waals surface area (Å²) in [5.74, 6) is 61.9. The molecule has 0 aliphatic carbocycles. The van der Waals surface area contributed by atoms with Crippen LogP contribution < -0.4 is 15.7 Å². The lowest BCUT2D eigenvalue weighted by molar-refractivity contribution is -0.257. The molecular formula is C83H85NO6Si. The van der Waals surface area contributed by atoms with Crippen molar-refractivity contribution in [1.82, 2.24) is 5.32 Å². The van der Waals surface area contributed by atoms with Gasteiger partial charge in [-0.25, -0.2) is 0 Å². The summed E-state index contributed by atoms with van der Waals surface area (Å²) in [5, 5.41) is 5.37. The number of allylic oxidation sites excluding steroid dienone is 1. The van der Waals surface area contributed by atoms with Crippen LogP contribution in [0.2, 0.25) is 5.04 Å². The van der Waals surface area contributed by atoms with Gasteiger partial charge in [0.05, 0.1) is 38.6 Å². The van der Waals surface area contributed by atoms with Crippen LogP contribution >= 0.6 is 0 Å². The van der Waals surface area contributed by atoms with E-state index >= 15 is 0 Å². The van der Waals surface area contributed by atoms with E-state index in [2.05, 4.69) is 269 Å². The van der Waals surface area contributed by atoms with Crippen LogP contribution in [0.25, 0.3) is 0 Å². The van der Waals surface area contributed by atoms with Crippen LogP contribution in [-0.4, -0.2) is 58.1 Å². The Balaban J connectivity index is 1.42. The van der Waals surface area contributed by atoms with Crippen LogP contribution in [0.4, 0.5) is 0 Å². The smallest absolute Gasteiger partial charge is 0.297 e. The van der Waals surface area contributed by atoms with Crippen molar-refractivity contribution in [2.75, 3.05) is 13.2 Å². The summed E-state index contributed by atoms with van der Waals surface area (Å²) < 4.78 is 35.5. The largest absolute Gasteiger partial charge is 0.405 e. The molecule has 91 heavy (non-hydrogen) atoms. The Morgan fingerprint density at radius 2 is 0.956 bits per heavy atom. The Labute approximate surface area is 547 Å². The molecule has 1 aliphatic heterocycles. The lowest BCUT2D eigenvalue weighted by Gasteiger charge is -2.47. The summed E-state index contributed by atoms with van der Waals surface area (Å²) in [5.41, 5.74) is 1.97. The van der Waals surface area contributed by atoms with Crippen molar-refractivity contribution in [3.05, 3.63) is 145 Å². The first-order valence-electron chi connectivity index (χ1n) is 31.7. The fraction of sp³-hybridized carbons (Fsp3) is 0.386. The number of hydrogen-bond donors (Lipinski definition) is 1. The van der Waals surface area contributed by atoms with Crippen molar-refractivity contribution in [3.8, 4) is 142 Å². The summed E-state index contributed by atoms with van der Waals surface area (Å²) in [6, 6.07) is 40.6. The van der Waals surface area contributed by atoms with Crippen molar-refractivity contribution >= 4 is 24.6 Å². The number of nitrogens with one attached hydrogen (secondary N) is 1. The fourth-order valence-corrected chi connectivity index (χ4v) is 15.0. The molecule has 1 fully saturated rings. The van der Waals surface area contributed by atoms with Crippen molar-refractivity contribution < 1.29 is 28.2 Å². The minimum atomic E-state index is -2.91. The average molecular weight is 1220 g/mol. The highest BCUT2D eigenvalue weighted by atomic mass is 28.4.